The Hall–Kier alpha value is -5.30. The van der Waals surface area contributed by atoms with Crippen LogP contribution in [-0.4, -0.2) is 120 Å². The van der Waals surface area contributed by atoms with Crippen LogP contribution in [0, 0.1) is 35.5 Å². The van der Waals surface area contributed by atoms with Crippen molar-refractivity contribution in [1.82, 2.24) is 37.2 Å². The third-order valence-corrected chi connectivity index (χ3v) is 13.4. The second-order valence-corrected chi connectivity index (χ2v) is 22.0. The molecule has 1 aliphatic heterocycles. The third-order valence-electron chi connectivity index (χ3n) is 13.4. The molecule has 1 saturated heterocycles. The van der Waals surface area contributed by atoms with Gasteiger partial charge in [0.05, 0.1) is 20.0 Å². The van der Waals surface area contributed by atoms with E-state index in [1.807, 2.05) is 34.6 Å². The van der Waals surface area contributed by atoms with Gasteiger partial charge in [-0.1, -0.05) is 134 Å². The number of hydrogen-bond donors (Lipinski definition) is 8. The van der Waals surface area contributed by atoms with Gasteiger partial charge in [-0.25, -0.2) is 4.79 Å². The van der Waals surface area contributed by atoms with E-state index in [2.05, 4.69) is 51.1 Å². The highest BCUT2D eigenvalue weighted by Gasteiger charge is 2.38. The number of carbonyl (C=O) groups is 10. The molecule has 0 aromatic rings. The highest BCUT2D eigenvalue weighted by molar-refractivity contribution is 5.98. The molecule has 10 atom stereocenters. The maximum Gasteiger partial charge on any atom is 0.329 e. The number of cyclic esters (lactones) is 1. The molecule has 0 spiro atoms. The first-order valence-corrected chi connectivity index (χ1v) is 27.3. The summed E-state index contributed by atoms with van der Waals surface area (Å²) in [5, 5.41) is 28.5. The van der Waals surface area contributed by atoms with Gasteiger partial charge >= 0.3 is 17.9 Å². The summed E-state index contributed by atoms with van der Waals surface area (Å²) in [5.41, 5.74) is 0. The lowest BCUT2D eigenvalue weighted by Crippen LogP contribution is -2.61. The van der Waals surface area contributed by atoms with E-state index in [9.17, 15) is 53.1 Å². The molecule has 0 aromatic carbocycles. The fourth-order valence-electron chi connectivity index (χ4n) is 8.59. The van der Waals surface area contributed by atoms with E-state index in [0.29, 0.717) is 18.8 Å². The normalized spacial score (nSPS) is 24.6. The molecule has 0 bridgehead atoms. The molecule has 20 heteroatoms. The maximum absolute atomic E-state index is 14.3. The first kappa shape index (κ1) is 66.7. The Balaban J connectivity index is 4.00. The molecule has 74 heavy (non-hydrogen) atoms. The van der Waals surface area contributed by atoms with Gasteiger partial charge in [0.25, 0.3) is 0 Å². The van der Waals surface area contributed by atoms with Gasteiger partial charge in [-0.15, -0.1) is 0 Å². The molecule has 0 aliphatic carbocycles. The maximum atomic E-state index is 14.3. The summed E-state index contributed by atoms with van der Waals surface area (Å²) < 4.78 is 10.9. The topological polar surface area (TPSA) is 294 Å². The number of methoxy groups -OCH3 is 1. The minimum Gasteiger partial charge on any atom is -0.481 e. The lowest BCUT2D eigenvalue weighted by atomic mass is 9.97. The van der Waals surface area contributed by atoms with Crippen molar-refractivity contribution in [3.63, 3.8) is 0 Å². The van der Waals surface area contributed by atoms with Gasteiger partial charge in [0.1, 0.15) is 48.4 Å². The summed E-state index contributed by atoms with van der Waals surface area (Å²) in [5.74, 6) is -9.63. The van der Waals surface area contributed by atoms with Crippen LogP contribution >= 0.6 is 0 Å². The van der Waals surface area contributed by atoms with Crippen molar-refractivity contribution < 1.29 is 62.5 Å². The summed E-state index contributed by atoms with van der Waals surface area (Å²) in [6.45, 7) is 22.1. The number of carbonyl (C=O) groups excluding carboxylic acids is 9. The number of amides is 7. The van der Waals surface area contributed by atoms with Crippen molar-refractivity contribution in [2.75, 3.05) is 7.11 Å². The second-order valence-electron chi connectivity index (χ2n) is 22.0. The van der Waals surface area contributed by atoms with Gasteiger partial charge in [0.2, 0.25) is 41.4 Å². The van der Waals surface area contributed by atoms with Crippen molar-refractivity contribution in [3.8, 4) is 0 Å². The van der Waals surface area contributed by atoms with Gasteiger partial charge < -0.3 is 51.8 Å². The summed E-state index contributed by atoms with van der Waals surface area (Å²) in [6.07, 6.45) is 5.87. The molecule has 10 unspecified atom stereocenters. The van der Waals surface area contributed by atoms with Crippen molar-refractivity contribution in [2.24, 2.45) is 35.5 Å². The molecule has 1 aliphatic rings. The number of ether oxygens (including phenoxy) is 2. The predicted molar refractivity (Wildman–Crippen MR) is 281 cm³/mol. The van der Waals surface area contributed by atoms with E-state index in [1.54, 1.807) is 34.6 Å². The number of hydrogen-bond acceptors (Lipinski definition) is 12. The Labute approximate surface area is 441 Å². The Morgan fingerprint density at radius 2 is 1.00 bits per heavy atom. The standard InChI is InChI=1S/C54H95N7O13/c1-14-35(11)22-20-18-16-17-19-21-23-37-29-43(62)55-38(24-25-45(65)73-13)48(66)56-39(26-31(3)4)49(67)57-40(27-32(5)6)51(69)60-46(34(9)10)53(71)59-42(30-44(63)64)50(68)58-41(28-33(7)8)52(70)61-47(36(12)15-2)54(72)74-37/h31-42,46-47H,14-30H2,1-13H3,(H,55,62)(H,56,66)(H,57,67)(H,58,68)(H,59,71)(H,60,69)(H,61,70)(H,63,64). The van der Waals surface area contributed by atoms with Crippen LogP contribution in [0.3, 0.4) is 0 Å². The number of carboxylic acid groups (broad SMARTS) is 1. The fraction of sp³-hybridized carbons (Fsp3) is 0.815. The number of esters is 2. The number of unbranched alkanes of at least 4 members (excludes halogenated alkanes) is 5. The molecular formula is C54H95N7O13. The van der Waals surface area contributed by atoms with Crippen LogP contribution < -0.4 is 37.2 Å². The number of aliphatic carboxylic acids is 1. The van der Waals surface area contributed by atoms with Crippen molar-refractivity contribution in [2.45, 2.75) is 241 Å². The minimum absolute atomic E-state index is 0.0460. The van der Waals surface area contributed by atoms with Crippen LogP contribution in [0.5, 0.6) is 0 Å². The van der Waals surface area contributed by atoms with Crippen LogP contribution in [0.25, 0.3) is 0 Å². The molecule has 7 amide bonds. The zero-order chi connectivity index (χ0) is 56.2. The van der Waals surface area contributed by atoms with Gasteiger partial charge in [-0.2, -0.15) is 0 Å². The lowest BCUT2D eigenvalue weighted by molar-refractivity contribution is -0.156. The van der Waals surface area contributed by atoms with Crippen LogP contribution in [0.1, 0.15) is 192 Å². The van der Waals surface area contributed by atoms with Crippen molar-refractivity contribution >= 4 is 59.3 Å². The molecule has 424 valence electrons. The smallest absolute Gasteiger partial charge is 0.329 e. The second kappa shape index (κ2) is 35.0. The molecule has 1 rings (SSSR count). The summed E-state index contributed by atoms with van der Waals surface area (Å²) in [7, 11) is 1.18. The number of carboxylic acids is 1. The monoisotopic (exact) mass is 1050 g/mol. The Kier molecular flexibility index (Phi) is 31.6. The molecule has 1 heterocycles. The van der Waals surface area contributed by atoms with Gasteiger partial charge in [0, 0.05) is 6.42 Å². The van der Waals surface area contributed by atoms with E-state index in [0.717, 1.165) is 44.9 Å². The van der Waals surface area contributed by atoms with Crippen LogP contribution in [-0.2, 0) is 57.4 Å². The van der Waals surface area contributed by atoms with E-state index >= 15 is 0 Å². The average Bonchev–Trinajstić information content (AvgIpc) is 3.31. The Bertz CT molecular complexity index is 1820. The SMILES string of the molecule is CCC(C)CCCCCCCCC1CC(=O)NC(CCC(=O)OC)C(=O)NC(CC(C)C)C(=O)NC(CC(C)C)C(=O)NC(C(C)C)C(=O)NC(CC(=O)O)C(=O)NC(CC(C)C)C(=O)NC(C(C)CC)C(=O)O1. The first-order chi connectivity index (χ1) is 34.7. The average molecular weight is 1050 g/mol. The van der Waals surface area contributed by atoms with E-state index in [1.165, 1.54) is 7.11 Å². The molecule has 0 saturated carbocycles. The Morgan fingerprint density at radius 1 is 0.554 bits per heavy atom. The molecular weight excluding hydrogens is 955 g/mol. The Morgan fingerprint density at radius 3 is 1.46 bits per heavy atom. The van der Waals surface area contributed by atoms with Crippen LogP contribution in [0.2, 0.25) is 0 Å². The quantitative estimate of drug-likeness (QED) is 0.0460. The van der Waals surface area contributed by atoms with Gasteiger partial charge in [-0.3, -0.25) is 43.2 Å². The zero-order valence-corrected chi connectivity index (χ0v) is 46.9. The third kappa shape index (κ3) is 26.3. The highest BCUT2D eigenvalue weighted by Crippen LogP contribution is 2.20. The summed E-state index contributed by atoms with van der Waals surface area (Å²) in [4.78, 5) is 138. The predicted octanol–water partition coefficient (Wildman–Crippen LogP) is 5.13. The van der Waals surface area contributed by atoms with E-state index in [-0.39, 0.29) is 56.3 Å². The molecule has 0 aromatic heterocycles. The molecule has 20 nitrogen and oxygen atoms in total. The minimum atomic E-state index is -1.72. The lowest BCUT2D eigenvalue weighted by Gasteiger charge is -2.30. The van der Waals surface area contributed by atoms with Gasteiger partial charge in [-0.05, 0) is 74.0 Å². The first-order valence-electron chi connectivity index (χ1n) is 27.3. The fourth-order valence-corrected chi connectivity index (χ4v) is 8.59. The molecule has 0 radical (unpaired) electrons. The molecule has 8 N–H and O–H groups in total. The van der Waals surface area contributed by atoms with E-state index in [4.69, 9.17) is 9.47 Å². The number of nitrogens with one attached hydrogen (secondary N) is 7. The van der Waals surface area contributed by atoms with Crippen LogP contribution in [0.15, 0.2) is 0 Å². The largest absolute Gasteiger partial charge is 0.481 e. The molecule has 1 fully saturated rings. The zero-order valence-electron chi connectivity index (χ0n) is 46.9. The van der Waals surface area contributed by atoms with E-state index < -0.39 is 132 Å². The van der Waals surface area contributed by atoms with Crippen LogP contribution in [0.4, 0.5) is 0 Å². The van der Waals surface area contributed by atoms with Crippen molar-refractivity contribution in [1.29, 1.82) is 0 Å². The number of rotatable bonds is 24. The van der Waals surface area contributed by atoms with Crippen molar-refractivity contribution in [3.05, 3.63) is 0 Å². The highest BCUT2D eigenvalue weighted by atomic mass is 16.5. The summed E-state index contributed by atoms with van der Waals surface area (Å²) in [6, 6.07) is -9.49. The summed E-state index contributed by atoms with van der Waals surface area (Å²) >= 11 is 0. The van der Waals surface area contributed by atoms with Gasteiger partial charge in [0.15, 0.2) is 0 Å².